The Balaban J connectivity index is 2.95. The summed E-state index contributed by atoms with van der Waals surface area (Å²) in [6.45, 7) is -0.432. The molecule has 1 heterocycles. The molecule has 0 amide bonds. The molecule has 0 unspecified atom stereocenters. The van der Waals surface area contributed by atoms with Crippen molar-refractivity contribution >= 4 is 17.2 Å². The first-order valence-corrected chi connectivity index (χ1v) is 4.78. The molecule has 1 rings (SSSR count). The second kappa shape index (κ2) is 4.65. The van der Waals surface area contributed by atoms with E-state index in [-0.39, 0.29) is 10.6 Å². The van der Waals surface area contributed by atoms with Crippen LogP contribution < -0.4 is 11.3 Å². The number of halogens is 3. The van der Waals surface area contributed by atoms with Gasteiger partial charge in [-0.15, -0.1) is 0 Å². The molecule has 3 nitrogen and oxygen atoms in total. The quantitative estimate of drug-likeness (QED) is 0.826. The molecule has 2 N–H and O–H groups in total. The number of nitrogens with two attached hydrogens (primary N) is 1. The predicted octanol–water partition coefficient (Wildman–Crippen LogP) is 1.43. The summed E-state index contributed by atoms with van der Waals surface area (Å²) in [5.74, 6) is 0. The molecule has 0 fully saturated rings. The number of alkyl halides is 3. The Labute approximate surface area is 94.7 Å². The second-order valence-corrected chi connectivity index (χ2v) is 3.59. The van der Waals surface area contributed by atoms with Gasteiger partial charge < -0.3 is 10.3 Å². The molecule has 0 aromatic carbocycles. The van der Waals surface area contributed by atoms with Gasteiger partial charge in [0.1, 0.15) is 4.99 Å². The Morgan fingerprint density at radius 1 is 1.50 bits per heavy atom. The molecule has 88 valence electrons. The van der Waals surface area contributed by atoms with Gasteiger partial charge in [-0.25, -0.2) is 0 Å². The van der Waals surface area contributed by atoms with Crippen LogP contribution in [0.4, 0.5) is 13.2 Å². The number of aromatic nitrogens is 1. The molecule has 0 aliphatic heterocycles. The lowest BCUT2D eigenvalue weighted by atomic mass is 10.2. The Hall–Kier alpha value is -1.37. The number of rotatable bonds is 3. The monoisotopic (exact) mass is 250 g/mol. The first kappa shape index (κ1) is 12.7. The minimum Gasteiger partial charge on any atom is -0.389 e. The summed E-state index contributed by atoms with van der Waals surface area (Å²) in [5, 5.41) is 0. The van der Waals surface area contributed by atoms with E-state index in [0.717, 1.165) is 4.57 Å². The lowest BCUT2D eigenvalue weighted by Crippen LogP contribution is -2.29. The van der Waals surface area contributed by atoms with E-state index < -0.39 is 24.7 Å². The molecular formula is C9H9F3N2OS. The molecule has 0 atom stereocenters. The molecule has 0 radical (unpaired) electrons. The summed E-state index contributed by atoms with van der Waals surface area (Å²) in [4.78, 5) is 11.4. The molecule has 0 bridgehead atoms. The topological polar surface area (TPSA) is 48.0 Å². The van der Waals surface area contributed by atoms with Crippen LogP contribution in [0.5, 0.6) is 0 Å². The van der Waals surface area contributed by atoms with E-state index >= 15 is 0 Å². The van der Waals surface area contributed by atoms with Crippen LogP contribution in [0.3, 0.4) is 0 Å². The fraction of sp³-hybridized carbons (Fsp3) is 0.333. The van der Waals surface area contributed by atoms with Crippen molar-refractivity contribution in [2.24, 2.45) is 5.73 Å². The van der Waals surface area contributed by atoms with Gasteiger partial charge in [0.2, 0.25) is 0 Å². The van der Waals surface area contributed by atoms with Crippen molar-refractivity contribution in [1.29, 1.82) is 0 Å². The van der Waals surface area contributed by atoms with E-state index in [1.54, 1.807) is 0 Å². The minimum absolute atomic E-state index is 0.0553. The van der Waals surface area contributed by atoms with Crippen LogP contribution in [-0.4, -0.2) is 15.7 Å². The van der Waals surface area contributed by atoms with Crippen LogP contribution in [-0.2, 0) is 6.54 Å². The summed E-state index contributed by atoms with van der Waals surface area (Å²) >= 11 is 4.61. The van der Waals surface area contributed by atoms with Gasteiger partial charge in [-0.05, 0) is 12.1 Å². The first-order valence-electron chi connectivity index (χ1n) is 4.37. The Morgan fingerprint density at radius 3 is 2.62 bits per heavy atom. The zero-order chi connectivity index (χ0) is 12.3. The smallest absolute Gasteiger partial charge is 0.389 e. The van der Waals surface area contributed by atoms with E-state index in [4.69, 9.17) is 5.73 Å². The van der Waals surface area contributed by atoms with Crippen LogP contribution in [0.15, 0.2) is 23.1 Å². The van der Waals surface area contributed by atoms with Gasteiger partial charge in [0.15, 0.2) is 0 Å². The van der Waals surface area contributed by atoms with E-state index in [9.17, 15) is 18.0 Å². The number of aryl methyl sites for hydroxylation is 1. The number of pyridine rings is 1. The largest absolute Gasteiger partial charge is 0.390 e. The third-order valence-electron chi connectivity index (χ3n) is 1.92. The van der Waals surface area contributed by atoms with Crippen LogP contribution in [0.1, 0.15) is 12.0 Å². The van der Waals surface area contributed by atoms with Crippen LogP contribution >= 0.6 is 12.2 Å². The Kier molecular flexibility index (Phi) is 3.69. The van der Waals surface area contributed by atoms with Gasteiger partial charge in [0, 0.05) is 12.7 Å². The molecular weight excluding hydrogens is 241 g/mol. The van der Waals surface area contributed by atoms with E-state index in [1.807, 2.05) is 0 Å². The maximum atomic E-state index is 12.0. The van der Waals surface area contributed by atoms with E-state index in [1.165, 1.54) is 18.3 Å². The average molecular weight is 250 g/mol. The van der Waals surface area contributed by atoms with Crippen molar-refractivity contribution in [2.45, 2.75) is 19.1 Å². The first-order chi connectivity index (χ1) is 7.31. The van der Waals surface area contributed by atoms with Crippen molar-refractivity contribution in [1.82, 2.24) is 4.57 Å². The maximum Gasteiger partial charge on any atom is 0.390 e. The summed E-state index contributed by atoms with van der Waals surface area (Å²) in [5.41, 5.74) is 4.72. The highest BCUT2D eigenvalue weighted by Crippen LogP contribution is 2.19. The van der Waals surface area contributed by atoms with Gasteiger partial charge >= 0.3 is 6.18 Å². The summed E-state index contributed by atoms with van der Waals surface area (Å²) < 4.78 is 36.8. The second-order valence-electron chi connectivity index (χ2n) is 3.15. The molecule has 0 aliphatic carbocycles. The molecule has 16 heavy (non-hydrogen) atoms. The highest BCUT2D eigenvalue weighted by molar-refractivity contribution is 7.80. The van der Waals surface area contributed by atoms with Gasteiger partial charge in [-0.2, -0.15) is 13.2 Å². The van der Waals surface area contributed by atoms with Crippen LogP contribution in [0.25, 0.3) is 0 Å². The highest BCUT2D eigenvalue weighted by atomic mass is 32.1. The molecule has 0 aliphatic rings. The summed E-state index contributed by atoms with van der Waals surface area (Å²) in [6.07, 6.45) is -4.08. The standard InChI is InChI=1S/C9H9F3N2OS/c10-9(11,12)3-5-14-4-1-2-6(7(13)16)8(14)15/h1-2,4H,3,5H2,(H2,13,16). The zero-order valence-electron chi connectivity index (χ0n) is 8.12. The van der Waals surface area contributed by atoms with Crippen molar-refractivity contribution in [3.05, 3.63) is 34.2 Å². The minimum atomic E-state index is -4.29. The average Bonchev–Trinajstić information content (AvgIpc) is 2.14. The molecule has 1 aromatic rings. The van der Waals surface area contributed by atoms with Gasteiger partial charge in [-0.3, -0.25) is 4.79 Å². The van der Waals surface area contributed by atoms with Gasteiger partial charge in [0.25, 0.3) is 5.56 Å². The molecule has 0 spiro atoms. The van der Waals surface area contributed by atoms with Crippen molar-refractivity contribution in [2.75, 3.05) is 0 Å². The number of hydrogen-bond donors (Lipinski definition) is 1. The SMILES string of the molecule is NC(=S)c1cccn(CCC(F)(F)F)c1=O. The van der Waals surface area contributed by atoms with Crippen molar-refractivity contribution < 1.29 is 13.2 Å². The molecule has 0 saturated heterocycles. The lowest BCUT2D eigenvalue weighted by molar-refractivity contribution is -0.136. The molecule has 1 aromatic heterocycles. The van der Waals surface area contributed by atoms with E-state index in [2.05, 4.69) is 12.2 Å². The van der Waals surface area contributed by atoms with Crippen molar-refractivity contribution in [3.8, 4) is 0 Å². The molecule has 7 heteroatoms. The third kappa shape index (κ3) is 3.34. The maximum absolute atomic E-state index is 12.0. The normalized spacial score (nSPS) is 11.4. The lowest BCUT2D eigenvalue weighted by Gasteiger charge is -2.09. The number of hydrogen-bond acceptors (Lipinski definition) is 2. The van der Waals surface area contributed by atoms with Crippen LogP contribution in [0.2, 0.25) is 0 Å². The highest BCUT2D eigenvalue weighted by Gasteiger charge is 2.26. The van der Waals surface area contributed by atoms with E-state index in [0.29, 0.717) is 0 Å². The number of thiocarbonyl (C=S) groups is 1. The summed E-state index contributed by atoms with van der Waals surface area (Å²) in [6, 6.07) is 2.82. The van der Waals surface area contributed by atoms with Crippen molar-refractivity contribution in [3.63, 3.8) is 0 Å². The predicted molar refractivity (Wildman–Crippen MR) is 57.3 cm³/mol. The third-order valence-corrected chi connectivity index (χ3v) is 2.14. The zero-order valence-corrected chi connectivity index (χ0v) is 8.94. The number of nitrogens with zero attached hydrogens (tertiary/aromatic N) is 1. The van der Waals surface area contributed by atoms with Gasteiger partial charge in [0.05, 0.1) is 12.0 Å². The fourth-order valence-corrected chi connectivity index (χ4v) is 1.30. The van der Waals surface area contributed by atoms with Crippen LogP contribution in [0, 0.1) is 0 Å². The summed E-state index contributed by atoms with van der Waals surface area (Å²) in [7, 11) is 0. The molecule has 0 saturated carbocycles. The van der Waals surface area contributed by atoms with Gasteiger partial charge in [-0.1, -0.05) is 12.2 Å². The Morgan fingerprint density at radius 2 is 2.12 bits per heavy atom. The Bertz CT molecular complexity index is 453. The fourth-order valence-electron chi connectivity index (χ4n) is 1.15.